The number of nitrogens with zero attached hydrogens (tertiary/aromatic N) is 1. The van der Waals surface area contributed by atoms with Gasteiger partial charge in [0.05, 0.1) is 30.3 Å². The van der Waals surface area contributed by atoms with Crippen molar-refractivity contribution in [2.45, 2.75) is 30.4 Å². The third-order valence-electron chi connectivity index (χ3n) is 5.60. The highest BCUT2D eigenvalue weighted by Gasteiger charge is 2.37. The fraction of sp³-hybridized carbons (Fsp3) is 0.240. The number of sulfonamides is 1. The van der Waals surface area contributed by atoms with Crippen LogP contribution in [-0.2, 0) is 14.8 Å². The number of benzene rings is 3. The number of hydrogen-bond acceptors (Lipinski definition) is 5. The van der Waals surface area contributed by atoms with Gasteiger partial charge in [-0.05, 0) is 48.4 Å². The van der Waals surface area contributed by atoms with Crippen LogP contribution in [0.15, 0.2) is 83.8 Å². The van der Waals surface area contributed by atoms with Crippen LogP contribution in [0.1, 0.15) is 24.9 Å². The van der Waals surface area contributed by atoms with Crippen molar-refractivity contribution in [3.8, 4) is 11.5 Å². The highest BCUT2D eigenvalue weighted by Crippen LogP contribution is 2.37. The molecule has 0 saturated carbocycles. The van der Waals surface area contributed by atoms with Gasteiger partial charge in [-0.1, -0.05) is 49.4 Å². The molecule has 0 aliphatic carbocycles. The number of amides is 1. The number of ether oxygens (including phenoxy) is 2. The molecule has 1 N–H and O–H groups in total. The summed E-state index contributed by atoms with van der Waals surface area (Å²) in [5, 5.41) is 3.01. The third-order valence-corrected chi connectivity index (χ3v) is 7.40. The molecule has 3 aromatic carbocycles. The molecule has 0 unspecified atom stereocenters. The number of carbonyl (C=O) groups is 1. The molecule has 0 saturated heterocycles. The molecular formula is C25H26N2O5S. The van der Waals surface area contributed by atoms with Crippen LogP contribution in [0.4, 0.5) is 5.69 Å². The van der Waals surface area contributed by atoms with E-state index < -0.39 is 16.1 Å². The number of methoxy groups -OCH3 is 1. The summed E-state index contributed by atoms with van der Waals surface area (Å²) in [6, 6.07) is 22.2. The molecule has 3 aromatic rings. The first-order valence-electron chi connectivity index (χ1n) is 10.7. The third kappa shape index (κ3) is 4.66. The summed E-state index contributed by atoms with van der Waals surface area (Å²) in [6.07, 6.45) is -0.335. The number of fused-ring (bicyclic) bond motifs is 1. The summed E-state index contributed by atoms with van der Waals surface area (Å²) < 4.78 is 39.2. The van der Waals surface area contributed by atoms with Crippen molar-refractivity contribution >= 4 is 21.6 Å². The Morgan fingerprint density at radius 1 is 1.06 bits per heavy atom. The molecule has 1 aliphatic heterocycles. The first-order chi connectivity index (χ1) is 15.9. The molecule has 33 heavy (non-hydrogen) atoms. The Labute approximate surface area is 194 Å². The molecule has 1 aliphatic rings. The zero-order valence-electron chi connectivity index (χ0n) is 18.5. The number of nitrogens with one attached hydrogen (secondary N) is 1. The molecule has 0 fully saturated rings. The Bertz CT molecular complexity index is 1210. The second-order valence-electron chi connectivity index (χ2n) is 7.67. The van der Waals surface area contributed by atoms with Crippen molar-refractivity contribution in [3.63, 3.8) is 0 Å². The Kier molecular flexibility index (Phi) is 6.55. The van der Waals surface area contributed by atoms with Crippen LogP contribution in [0.5, 0.6) is 11.5 Å². The van der Waals surface area contributed by atoms with Gasteiger partial charge in [-0.25, -0.2) is 8.42 Å². The SMILES string of the molecule is CC[C@H](NC(=O)[C@H]1CN(S(=O)(=O)c2ccccc2)c2ccccc2O1)c1ccc(OC)cc1. The Balaban J connectivity index is 1.60. The molecule has 8 heteroatoms. The van der Waals surface area contributed by atoms with Gasteiger partial charge in [-0.3, -0.25) is 9.10 Å². The summed E-state index contributed by atoms with van der Waals surface area (Å²) in [5.74, 6) is 0.704. The maximum atomic E-state index is 13.4. The van der Waals surface area contributed by atoms with Crippen LogP contribution in [0, 0.1) is 0 Å². The van der Waals surface area contributed by atoms with E-state index in [1.807, 2.05) is 31.2 Å². The molecular weight excluding hydrogens is 440 g/mol. The predicted molar refractivity (Wildman–Crippen MR) is 126 cm³/mol. The summed E-state index contributed by atoms with van der Waals surface area (Å²) >= 11 is 0. The zero-order valence-corrected chi connectivity index (χ0v) is 19.3. The van der Waals surface area contributed by atoms with E-state index in [0.717, 1.165) is 11.3 Å². The number of rotatable bonds is 7. The van der Waals surface area contributed by atoms with Gasteiger partial charge in [-0.15, -0.1) is 0 Å². The van der Waals surface area contributed by atoms with Crippen LogP contribution in [0.3, 0.4) is 0 Å². The highest BCUT2D eigenvalue weighted by atomic mass is 32.2. The van der Waals surface area contributed by atoms with E-state index in [0.29, 0.717) is 17.9 Å². The van der Waals surface area contributed by atoms with Gasteiger partial charge in [0.2, 0.25) is 0 Å². The first-order valence-corrected chi connectivity index (χ1v) is 12.2. The fourth-order valence-electron chi connectivity index (χ4n) is 3.81. The Morgan fingerprint density at radius 3 is 2.39 bits per heavy atom. The summed E-state index contributed by atoms with van der Waals surface area (Å²) in [6.45, 7) is 1.84. The minimum atomic E-state index is -3.88. The second kappa shape index (κ2) is 9.54. The van der Waals surface area contributed by atoms with Crippen LogP contribution >= 0.6 is 0 Å². The van der Waals surface area contributed by atoms with E-state index in [1.54, 1.807) is 61.7 Å². The maximum Gasteiger partial charge on any atom is 0.264 e. The molecule has 172 valence electrons. The average Bonchev–Trinajstić information content (AvgIpc) is 2.87. The predicted octanol–water partition coefficient (Wildman–Crippen LogP) is 3.92. The lowest BCUT2D eigenvalue weighted by Crippen LogP contribution is -2.51. The zero-order chi connectivity index (χ0) is 23.4. The topological polar surface area (TPSA) is 84.9 Å². The molecule has 1 heterocycles. The number of anilines is 1. The van der Waals surface area contributed by atoms with E-state index in [-0.39, 0.29) is 23.4 Å². The van der Waals surface area contributed by atoms with Gasteiger partial charge in [0.25, 0.3) is 15.9 Å². The molecule has 0 radical (unpaired) electrons. The maximum absolute atomic E-state index is 13.4. The van der Waals surface area contributed by atoms with Gasteiger partial charge < -0.3 is 14.8 Å². The number of hydrogen-bond donors (Lipinski definition) is 1. The molecule has 2 atom stereocenters. The van der Waals surface area contributed by atoms with Crippen molar-refractivity contribution in [1.29, 1.82) is 0 Å². The van der Waals surface area contributed by atoms with E-state index >= 15 is 0 Å². The second-order valence-corrected chi connectivity index (χ2v) is 9.53. The standard InChI is InChI=1S/C25H26N2O5S/c1-3-21(18-13-15-19(31-2)16-14-18)26-25(28)24-17-27(22-11-7-8-12-23(22)32-24)33(29,30)20-9-5-4-6-10-20/h4-16,21,24H,3,17H2,1-2H3,(H,26,28)/t21-,24+/m0/s1. The van der Waals surface area contributed by atoms with Gasteiger partial charge >= 0.3 is 0 Å². The number of carbonyl (C=O) groups excluding carboxylic acids is 1. The van der Waals surface area contributed by atoms with Crippen molar-refractivity contribution in [2.75, 3.05) is 18.0 Å². The number of para-hydroxylation sites is 2. The Morgan fingerprint density at radius 2 is 1.73 bits per heavy atom. The highest BCUT2D eigenvalue weighted by molar-refractivity contribution is 7.92. The largest absolute Gasteiger partial charge is 0.497 e. The van der Waals surface area contributed by atoms with Crippen LogP contribution in [-0.4, -0.2) is 34.1 Å². The van der Waals surface area contributed by atoms with E-state index in [2.05, 4.69) is 5.32 Å². The van der Waals surface area contributed by atoms with Crippen LogP contribution in [0.25, 0.3) is 0 Å². The minimum absolute atomic E-state index is 0.126. The summed E-state index contributed by atoms with van der Waals surface area (Å²) in [5.41, 5.74) is 1.34. The van der Waals surface area contributed by atoms with E-state index in [1.165, 1.54) is 4.31 Å². The van der Waals surface area contributed by atoms with E-state index in [4.69, 9.17) is 9.47 Å². The van der Waals surface area contributed by atoms with Crippen LogP contribution < -0.4 is 19.1 Å². The van der Waals surface area contributed by atoms with Gasteiger partial charge in [0, 0.05) is 0 Å². The van der Waals surface area contributed by atoms with Crippen molar-refractivity contribution in [1.82, 2.24) is 5.32 Å². The molecule has 1 amide bonds. The van der Waals surface area contributed by atoms with Crippen molar-refractivity contribution in [2.24, 2.45) is 0 Å². The lowest BCUT2D eigenvalue weighted by molar-refractivity contribution is -0.128. The minimum Gasteiger partial charge on any atom is -0.497 e. The van der Waals surface area contributed by atoms with Gasteiger partial charge in [0.1, 0.15) is 11.5 Å². The normalized spacial score (nSPS) is 16.3. The van der Waals surface area contributed by atoms with Crippen molar-refractivity contribution in [3.05, 3.63) is 84.4 Å². The smallest absolute Gasteiger partial charge is 0.264 e. The molecule has 0 spiro atoms. The van der Waals surface area contributed by atoms with Crippen molar-refractivity contribution < 1.29 is 22.7 Å². The lowest BCUT2D eigenvalue weighted by atomic mass is 10.0. The molecule has 4 rings (SSSR count). The molecule has 7 nitrogen and oxygen atoms in total. The molecule has 0 bridgehead atoms. The van der Waals surface area contributed by atoms with Crippen LogP contribution in [0.2, 0.25) is 0 Å². The van der Waals surface area contributed by atoms with Gasteiger partial charge in [-0.2, -0.15) is 0 Å². The summed E-state index contributed by atoms with van der Waals surface area (Å²) in [4.78, 5) is 13.4. The summed E-state index contributed by atoms with van der Waals surface area (Å²) in [7, 11) is -2.28. The van der Waals surface area contributed by atoms with E-state index in [9.17, 15) is 13.2 Å². The fourth-order valence-corrected chi connectivity index (χ4v) is 5.31. The van der Waals surface area contributed by atoms with Gasteiger partial charge in [0.15, 0.2) is 6.10 Å². The lowest BCUT2D eigenvalue weighted by Gasteiger charge is -2.35. The average molecular weight is 467 g/mol. The monoisotopic (exact) mass is 466 g/mol. The quantitative estimate of drug-likeness (QED) is 0.571. The molecule has 0 aromatic heterocycles. The first kappa shape index (κ1) is 22.7. The Hall–Kier alpha value is -3.52.